The lowest BCUT2D eigenvalue weighted by molar-refractivity contribution is 0.0559. The lowest BCUT2D eigenvalue weighted by Gasteiger charge is -2.34. The summed E-state index contributed by atoms with van der Waals surface area (Å²) in [5.74, 6) is 0.351. The minimum Gasteiger partial charge on any atom is -0.337 e. The maximum atomic E-state index is 13.5. The predicted octanol–water partition coefficient (Wildman–Crippen LogP) is 3.95. The van der Waals surface area contributed by atoms with Crippen molar-refractivity contribution in [3.8, 4) is 11.4 Å². The van der Waals surface area contributed by atoms with Gasteiger partial charge in [0.1, 0.15) is 11.6 Å². The van der Waals surface area contributed by atoms with Gasteiger partial charge in [-0.25, -0.2) is 0 Å². The lowest BCUT2D eigenvalue weighted by atomic mass is 9.75. The average Bonchev–Trinajstić information content (AvgIpc) is 3.28. The molecule has 2 aromatic heterocycles. The number of carbonyl (C=O) groups excluding carboxylic acids is 2. The Labute approximate surface area is 191 Å². The van der Waals surface area contributed by atoms with Gasteiger partial charge >= 0.3 is 0 Å². The molecule has 0 bridgehead atoms. The Bertz CT molecular complexity index is 1280. The number of hydrogen-bond donors (Lipinski definition) is 1. The van der Waals surface area contributed by atoms with Gasteiger partial charge in [-0.15, -0.1) is 0 Å². The molecular weight excluding hydrogens is 420 g/mol. The Morgan fingerprint density at radius 2 is 1.94 bits per heavy atom. The molecule has 170 valence electrons. The summed E-state index contributed by atoms with van der Waals surface area (Å²) in [6.07, 6.45) is 3.37. The fraction of sp³-hybridized carbons (Fsp3) is 0.400. The lowest BCUT2D eigenvalue weighted by Crippen LogP contribution is -2.41. The van der Waals surface area contributed by atoms with Gasteiger partial charge in [0.05, 0.1) is 0 Å². The zero-order valence-corrected chi connectivity index (χ0v) is 18.8. The predicted molar refractivity (Wildman–Crippen MR) is 121 cm³/mol. The number of benzene rings is 1. The van der Waals surface area contributed by atoms with E-state index in [0.717, 1.165) is 18.4 Å². The average molecular weight is 447 g/mol. The van der Waals surface area contributed by atoms with Crippen LogP contribution >= 0.6 is 0 Å². The number of rotatable bonds is 3. The van der Waals surface area contributed by atoms with E-state index < -0.39 is 17.5 Å². The molecule has 0 saturated carbocycles. The third kappa shape index (κ3) is 4.01. The Kier molecular flexibility index (Phi) is 5.23. The van der Waals surface area contributed by atoms with Crippen molar-refractivity contribution in [3.05, 3.63) is 69.5 Å². The number of likely N-dealkylation sites (tertiary alicyclic amines) is 1. The van der Waals surface area contributed by atoms with Crippen LogP contribution in [0.5, 0.6) is 0 Å². The number of piperidine rings is 1. The van der Waals surface area contributed by atoms with Crippen LogP contribution in [-0.4, -0.2) is 38.3 Å². The maximum Gasteiger partial charge on any atom is 0.261 e. The zero-order valence-electron chi connectivity index (χ0n) is 18.8. The van der Waals surface area contributed by atoms with E-state index in [-0.39, 0.29) is 16.8 Å². The second kappa shape index (κ2) is 8.10. The van der Waals surface area contributed by atoms with E-state index in [1.807, 2.05) is 44.2 Å². The summed E-state index contributed by atoms with van der Waals surface area (Å²) in [4.78, 5) is 48.0. The highest BCUT2D eigenvalue weighted by Gasteiger charge is 2.36. The summed E-state index contributed by atoms with van der Waals surface area (Å²) in [7, 11) is 0. The number of Topliss-reactive ketones (excluding diaryl/α,β-unsaturated/α-hetero) is 1. The number of ketones is 1. The molecule has 0 radical (unpaired) electrons. The summed E-state index contributed by atoms with van der Waals surface area (Å²) in [6, 6.07) is 10.5. The van der Waals surface area contributed by atoms with Crippen molar-refractivity contribution < 1.29 is 14.1 Å². The number of aromatic amines is 1. The van der Waals surface area contributed by atoms with Crippen molar-refractivity contribution in [1.29, 1.82) is 0 Å². The van der Waals surface area contributed by atoms with Gasteiger partial charge in [-0.3, -0.25) is 14.4 Å². The van der Waals surface area contributed by atoms with Crippen molar-refractivity contribution in [3.63, 3.8) is 0 Å². The van der Waals surface area contributed by atoms with E-state index in [2.05, 4.69) is 15.1 Å². The number of aromatic nitrogens is 3. The van der Waals surface area contributed by atoms with Gasteiger partial charge in [0, 0.05) is 29.8 Å². The molecule has 0 spiro atoms. The molecule has 1 unspecified atom stereocenters. The van der Waals surface area contributed by atoms with Gasteiger partial charge in [-0.2, -0.15) is 4.98 Å². The highest BCUT2D eigenvalue weighted by atomic mass is 16.5. The Balaban J connectivity index is 1.47. The molecule has 3 heterocycles. The molecule has 1 aliphatic heterocycles. The normalized spacial score (nSPS) is 19.9. The first-order valence-corrected chi connectivity index (χ1v) is 11.3. The molecule has 1 amide bonds. The van der Waals surface area contributed by atoms with Crippen molar-refractivity contribution in [2.24, 2.45) is 5.41 Å². The number of pyridine rings is 1. The molecule has 8 nitrogen and oxygen atoms in total. The summed E-state index contributed by atoms with van der Waals surface area (Å²) < 4.78 is 5.54. The van der Waals surface area contributed by atoms with Gasteiger partial charge in [0.25, 0.3) is 11.5 Å². The van der Waals surface area contributed by atoms with E-state index >= 15 is 0 Å². The monoisotopic (exact) mass is 446 g/mol. The standard InChI is InChI=1S/C25H26N4O4/c1-25(2)13-18-16(20(30)14-25)12-17(22(31)26-18)24(32)29-11-7-6-10-19(29)23-27-21(28-33-23)15-8-4-3-5-9-15/h3-5,8-9,12,19H,6-7,10-11,13-14H2,1-2H3,(H,26,31). The minimum absolute atomic E-state index is 0.0171. The second-order valence-corrected chi connectivity index (χ2v) is 9.68. The van der Waals surface area contributed by atoms with E-state index in [1.165, 1.54) is 6.07 Å². The smallest absolute Gasteiger partial charge is 0.261 e. The highest BCUT2D eigenvalue weighted by Crippen LogP contribution is 2.35. The van der Waals surface area contributed by atoms with Crippen LogP contribution in [-0.2, 0) is 6.42 Å². The number of H-pyrrole nitrogens is 1. The number of nitrogens with one attached hydrogen (secondary N) is 1. The van der Waals surface area contributed by atoms with E-state index in [1.54, 1.807) is 4.90 Å². The Hall–Kier alpha value is -3.55. The molecule has 1 aliphatic carbocycles. The number of fused-ring (bicyclic) bond motifs is 1. The molecule has 1 saturated heterocycles. The molecule has 1 fully saturated rings. The molecule has 8 heteroatoms. The number of nitrogens with zero attached hydrogens (tertiary/aromatic N) is 3. The fourth-order valence-electron chi connectivity index (χ4n) is 4.85. The van der Waals surface area contributed by atoms with E-state index in [9.17, 15) is 14.4 Å². The van der Waals surface area contributed by atoms with E-state index in [0.29, 0.717) is 48.8 Å². The largest absolute Gasteiger partial charge is 0.337 e. The molecule has 1 N–H and O–H groups in total. The molecule has 1 aromatic carbocycles. The van der Waals surface area contributed by atoms with Crippen molar-refractivity contribution >= 4 is 11.7 Å². The third-order valence-electron chi connectivity index (χ3n) is 6.47. The van der Waals surface area contributed by atoms with Crippen LogP contribution in [0.1, 0.15) is 77.9 Å². The Morgan fingerprint density at radius 3 is 2.73 bits per heavy atom. The summed E-state index contributed by atoms with van der Waals surface area (Å²) in [5.41, 5.74) is 1.17. The Morgan fingerprint density at radius 1 is 1.15 bits per heavy atom. The first kappa shape index (κ1) is 21.3. The number of hydrogen-bond acceptors (Lipinski definition) is 6. The van der Waals surface area contributed by atoms with Crippen molar-refractivity contribution in [2.75, 3.05) is 6.54 Å². The van der Waals surface area contributed by atoms with Crippen LogP contribution in [0.25, 0.3) is 11.4 Å². The van der Waals surface area contributed by atoms with Crippen LogP contribution in [0.15, 0.2) is 45.7 Å². The molecule has 2 aliphatic rings. The van der Waals surface area contributed by atoms with Gasteiger partial charge in [-0.05, 0) is 37.2 Å². The van der Waals surface area contributed by atoms with Gasteiger partial charge in [-0.1, -0.05) is 49.3 Å². The molecule has 3 aromatic rings. The van der Waals surface area contributed by atoms with Crippen molar-refractivity contribution in [2.45, 2.75) is 52.0 Å². The summed E-state index contributed by atoms with van der Waals surface area (Å²) in [5, 5.41) is 4.09. The maximum absolute atomic E-state index is 13.5. The molecule has 1 atom stereocenters. The molecular formula is C25H26N4O4. The number of amides is 1. The first-order chi connectivity index (χ1) is 15.8. The minimum atomic E-state index is -0.468. The van der Waals surface area contributed by atoms with Gasteiger partial charge in [0.15, 0.2) is 5.78 Å². The summed E-state index contributed by atoms with van der Waals surface area (Å²) >= 11 is 0. The van der Waals surface area contributed by atoms with Crippen LogP contribution < -0.4 is 5.56 Å². The van der Waals surface area contributed by atoms with Gasteiger partial charge < -0.3 is 14.4 Å². The van der Waals surface area contributed by atoms with E-state index in [4.69, 9.17) is 4.52 Å². The van der Waals surface area contributed by atoms with Crippen LogP contribution in [0, 0.1) is 5.41 Å². The van der Waals surface area contributed by atoms with Crippen LogP contribution in [0.3, 0.4) is 0 Å². The second-order valence-electron chi connectivity index (χ2n) is 9.68. The molecule has 33 heavy (non-hydrogen) atoms. The third-order valence-corrected chi connectivity index (χ3v) is 6.47. The highest BCUT2D eigenvalue weighted by molar-refractivity contribution is 6.02. The first-order valence-electron chi connectivity index (χ1n) is 11.3. The fourth-order valence-corrected chi connectivity index (χ4v) is 4.85. The quantitative estimate of drug-likeness (QED) is 0.653. The summed E-state index contributed by atoms with van der Waals surface area (Å²) in [6.45, 7) is 4.47. The van der Waals surface area contributed by atoms with Crippen LogP contribution in [0.4, 0.5) is 0 Å². The van der Waals surface area contributed by atoms with Gasteiger partial charge in [0.2, 0.25) is 11.7 Å². The number of carbonyl (C=O) groups is 2. The SMILES string of the molecule is CC1(C)CC(=O)c2cc(C(=O)N3CCCCC3c3nc(-c4ccccc4)no3)c(=O)[nH]c2C1. The molecule has 5 rings (SSSR count). The zero-order chi connectivity index (χ0) is 23.2. The topological polar surface area (TPSA) is 109 Å². The van der Waals surface area contributed by atoms with Crippen molar-refractivity contribution in [1.82, 2.24) is 20.0 Å². The van der Waals surface area contributed by atoms with Crippen LogP contribution in [0.2, 0.25) is 0 Å².